The zero-order valence-electron chi connectivity index (χ0n) is 11.1. The third-order valence-corrected chi connectivity index (χ3v) is 3.27. The Kier molecular flexibility index (Phi) is 5.39. The SMILES string of the molecule is C/C(CCc1ccccc1)=N/Nc1ncc(Cl)cc1Cl. The zero-order valence-corrected chi connectivity index (χ0v) is 12.6. The number of pyridine rings is 1. The molecule has 1 N–H and O–H groups in total. The molecular formula is C15H15Cl2N3. The fraction of sp³-hybridized carbons (Fsp3) is 0.200. The Bertz CT molecular complexity index is 597. The quantitative estimate of drug-likeness (QED) is 0.636. The van der Waals surface area contributed by atoms with Gasteiger partial charge in [0.05, 0.1) is 10.0 Å². The monoisotopic (exact) mass is 307 g/mol. The van der Waals surface area contributed by atoms with Gasteiger partial charge in [0.15, 0.2) is 5.82 Å². The van der Waals surface area contributed by atoms with Gasteiger partial charge < -0.3 is 0 Å². The summed E-state index contributed by atoms with van der Waals surface area (Å²) in [7, 11) is 0. The molecule has 0 aliphatic heterocycles. The van der Waals surface area contributed by atoms with Crippen molar-refractivity contribution in [3.63, 3.8) is 0 Å². The molecule has 104 valence electrons. The molecule has 0 bridgehead atoms. The van der Waals surface area contributed by atoms with Gasteiger partial charge in [-0.25, -0.2) is 4.98 Å². The predicted molar refractivity (Wildman–Crippen MR) is 85.8 cm³/mol. The van der Waals surface area contributed by atoms with E-state index in [4.69, 9.17) is 23.2 Å². The molecule has 0 saturated heterocycles. The molecule has 0 saturated carbocycles. The molecule has 3 nitrogen and oxygen atoms in total. The summed E-state index contributed by atoms with van der Waals surface area (Å²) in [6.07, 6.45) is 3.37. The number of anilines is 1. The van der Waals surface area contributed by atoms with E-state index >= 15 is 0 Å². The first-order valence-electron chi connectivity index (χ1n) is 6.29. The van der Waals surface area contributed by atoms with Gasteiger partial charge in [0.25, 0.3) is 0 Å². The first kappa shape index (κ1) is 14.8. The van der Waals surface area contributed by atoms with Gasteiger partial charge in [-0.3, -0.25) is 5.43 Å². The molecule has 0 aliphatic rings. The minimum Gasteiger partial charge on any atom is -0.260 e. The van der Waals surface area contributed by atoms with Crippen molar-refractivity contribution in [2.45, 2.75) is 19.8 Å². The molecule has 0 radical (unpaired) electrons. The predicted octanol–water partition coefficient (Wildman–Crippen LogP) is 4.81. The Hall–Kier alpha value is -1.58. The highest BCUT2D eigenvalue weighted by Gasteiger charge is 2.02. The lowest BCUT2D eigenvalue weighted by Crippen LogP contribution is -2.01. The summed E-state index contributed by atoms with van der Waals surface area (Å²) in [5.41, 5.74) is 5.15. The van der Waals surface area contributed by atoms with Crippen LogP contribution < -0.4 is 5.43 Å². The number of hydrogen-bond acceptors (Lipinski definition) is 3. The van der Waals surface area contributed by atoms with Crippen LogP contribution >= 0.6 is 23.2 Å². The van der Waals surface area contributed by atoms with Crippen LogP contribution in [0.1, 0.15) is 18.9 Å². The van der Waals surface area contributed by atoms with Crippen molar-refractivity contribution < 1.29 is 0 Å². The van der Waals surface area contributed by atoms with E-state index in [9.17, 15) is 0 Å². The number of nitrogens with one attached hydrogen (secondary N) is 1. The standard InChI is InChI=1S/C15H15Cl2N3/c1-11(7-8-12-5-3-2-4-6-12)19-20-15-14(17)9-13(16)10-18-15/h2-6,9-10H,7-8H2,1H3,(H,18,20)/b19-11-. The second-order valence-corrected chi connectivity index (χ2v) is 5.27. The lowest BCUT2D eigenvalue weighted by molar-refractivity contribution is 1.02. The first-order valence-corrected chi connectivity index (χ1v) is 7.05. The van der Waals surface area contributed by atoms with Crippen LogP contribution in [0.25, 0.3) is 0 Å². The van der Waals surface area contributed by atoms with Crippen LogP contribution in [0.15, 0.2) is 47.7 Å². The second kappa shape index (κ2) is 7.27. The summed E-state index contributed by atoms with van der Waals surface area (Å²) in [6, 6.07) is 11.9. The van der Waals surface area contributed by atoms with E-state index in [2.05, 4.69) is 27.6 Å². The number of benzene rings is 1. The molecule has 1 aromatic heterocycles. The largest absolute Gasteiger partial charge is 0.260 e. The Labute approximate surface area is 128 Å². The van der Waals surface area contributed by atoms with Crippen LogP contribution in [0.2, 0.25) is 10.0 Å². The minimum absolute atomic E-state index is 0.456. The number of hydrogen-bond donors (Lipinski definition) is 1. The molecular weight excluding hydrogens is 293 g/mol. The number of hydrazone groups is 1. The van der Waals surface area contributed by atoms with Gasteiger partial charge in [-0.05, 0) is 31.4 Å². The van der Waals surface area contributed by atoms with Crippen molar-refractivity contribution in [2.24, 2.45) is 5.10 Å². The van der Waals surface area contributed by atoms with Crippen LogP contribution in [0.3, 0.4) is 0 Å². The average Bonchev–Trinajstić information content (AvgIpc) is 2.45. The summed E-state index contributed by atoms with van der Waals surface area (Å²) in [5.74, 6) is 0.509. The molecule has 0 spiro atoms. The third kappa shape index (κ3) is 4.51. The van der Waals surface area contributed by atoms with Gasteiger partial charge in [0, 0.05) is 11.9 Å². The molecule has 0 aliphatic carbocycles. The van der Waals surface area contributed by atoms with E-state index in [1.807, 2.05) is 25.1 Å². The molecule has 2 rings (SSSR count). The summed E-state index contributed by atoms with van der Waals surface area (Å²) >= 11 is 11.8. The lowest BCUT2D eigenvalue weighted by Gasteiger charge is -2.05. The van der Waals surface area contributed by atoms with E-state index in [1.165, 1.54) is 11.8 Å². The molecule has 5 heteroatoms. The van der Waals surface area contributed by atoms with Gasteiger partial charge in [-0.2, -0.15) is 5.10 Å². The van der Waals surface area contributed by atoms with Crippen molar-refractivity contribution in [3.8, 4) is 0 Å². The van der Waals surface area contributed by atoms with E-state index in [0.29, 0.717) is 15.9 Å². The Balaban J connectivity index is 1.90. The molecule has 0 atom stereocenters. The summed E-state index contributed by atoms with van der Waals surface area (Å²) in [4.78, 5) is 4.09. The maximum absolute atomic E-state index is 6.01. The van der Waals surface area contributed by atoms with E-state index in [-0.39, 0.29) is 0 Å². The van der Waals surface area contributed by atoms with Gasteiger partial charge in [0.2, 0.25) is 0 Å². The van der Waals surface area contributed by atoms with Crippen LogP contribution in [0, 0.1) is 0 Å². The van der Waals surface area contributed by atoms with Crippen LogP contribution in [-0.4, -0.2) is 10.7 Å². The highest BCUT2D eigenvalue weighted by atomic mass is 35.5. The summed E-state index contributed by atoms with van der Waals surface area (Å²) in [5, 5.41) is 5.24. The molecule has 1 heterocycles. The zero-order chi connectivity index (χ0) is 14.4. The normalized spacial score (nSPS) is 11.4. The van der Waals surface area contributed by atoms with Gasteiger partial charge in [-0.1, -0.05) is 53.5 Å². The average molecular weight is 308 g/mol. The minimum atomic E-state index is 0.456. The molecule has 0 unspecified atom stereocenters. The molecule has 20 heavy (non-hydrogen) atoms. The smallest absolute Gasteiger partial charge is 0.165 e. The van der Waals surface area contributed by atoms with E-state index in [1.54, 1.807) is 6.07 Å². The number of aryl methyl sites for hydroxylation is 1. The maximum Gasteiger partial charge on any atom is 0.165 e. The van der Waals surface area contributed by atoms with Crippen LogP contribution in [0.5, 0.6) is 0 Å². The number of aromatic nitrogens is 1. The molecule has 1 aromatic carbocycles. The van der Waals surface area contributed by atoms with Crippen molar-refractivity contribution in [2.75, 3.05) is 5.43 Å². The second-order valence-electron chi connectivity index (χ2n) is 4.43. The Morgan fingerprint density at radius 2 is 2.00 bits per heavy atom. The van der Waals surface area contributed by atoms with Crippen LogP contribution in [-0.2, 0) is 6.42 Å². The fourth-order valence-corrected chi connectivity index (χ4v) is 2.09. The van der Waals surface area contributed by atoms with Crippen LogP contribution in [0.4, 0.5) is 5.82 Å². The van der Waals surface area contributed by atoms with E-state index in [0.717, 1.165) is 18.6 Å². The highest BCUT2D eigenvalue weighted by Crippen LogP contribution is 2.22. The Morgan fingerprint density at radius 3 is 2.70 bits per heavy atom. The topological polar surface area (TPSA) is 37.3 Å². The number of nitrogens with zero attached hydrogens (tertiary/aromatic N) is 2. The Morgan fingerprint density at radius 1 is 1.25 bits per heavy atom. The maximum atomic E-state index is 6.01. The van der Waals surface area contributed by atoms with Gasteiger partial charge >= 0.3 is 0 Å². The van der Waals surface area contributed by atoms with Gasteiger partial charge in [-0.15, -0.1) is 0 Å². The molecule has 0 fully saturated rings. The van der Waals surface area contributed by atoms with Crippen molar-refractivity contribution in [1.29, 1.82) is 0 Å². The lowest BCUT2D eigenvalue weighted by atomic mass is 10.1. The molecule has 0 amide bonds. The number of rotatable bonds is 5. The molecule has 2 aromatic rings. The van der Waals surface area contributed by atoms with Gasteiger partial charge in [0.1, 0.15) is 0 Å². The van der Waals surface area contributed by atoms with E-state index < -0.39 is 0 Å². The van der Waals surface area contributed by atoms with Crippen molar-refractivity contribution in [1.82, 2.24) is 4.98 Å². The van der Waals surface area contributed by atoms with Crippen molar-refractivity contribution in [3.05, 3.63) is 58.2 Å². The highest BCUT2D eigenvalue weighted by molar-refractivity contribution is 6.35. The first-order chi connectivity index (χ1) is 9.65. The summed E-state index contributed by atoms with van der Waals surface area (Å²) < 4.78 is 0. The fourth-order valence-electron chi connectivity index (χ4n) is 1.67. The number of halogens is 2. The third-order valence-electron chi connectivity index (χ3n) is 2.78. The van der Waals surface area contributed by atoms with Crippen molar-refractivity contribution >= 4 is 34.7 Å². The summed E-state index contributed by atoms with van der Waals surface area (Å²) in [6.45, 7) is 1.97.